The van der Waals surface area contributed by atoms with Gasteiger partial charge in [0, 0.05) is 6.20 Å². The zero-order valence-electron chi connectivity index (χ0n) is 18.0. The minimum Gasteiger partial charge on any atom is -0.461 e. The molecule has 0 N–H and O–H groups in total. The molecule has 3 aliphatic heterocycles. The van der Waals surface area contributed by atoms with Gasteiger partial charge < -0.3 is 9.32 Å². The highest BCUT2D eigenvalue weighted by Crippen LogP contribution is 2.54. The van der Waals surface area contributed by atoms with E-state index in [1.54, 1.807) is 29.3 Å². The van der Waals surface area contributed by atoms with Gasteiger partial charge in [-0.25, -0.2) is 4.90 Å². The highest BCUT2D eigenvalue weighted by atomic mass is 19.4. The number of rotatable bonds is 3. The molecule has 3 aromatic rings. The summed E-state index contributed by atoms with van der Waals surface area (Å²) in [6.45, 7) is 0. The van der Waals surface area contributed by atoms with Crippen molar-refractivity contribution < 1.29 is 32.0 Å². The zero-order chi connectivity index (χ0) is 24.5. The maximum absolute atomic E-state index is 13.8. The van der Waals surface area contributed by atoms with Gasteiger partial charge in [-0.2, -0.15) is 13.2 Å². The third-order valence-corrected chi connectivity index (χ3v) is 6.94. The maximum Gasteiger partial charge on any atom is 0.418 e. The Morgan fingerprint density at radius 3 is 2.34 bits per heavy atom. The van der Waals surface area contributed by atoms with E-state index in [0.717, 1.165) is 23.3 Å². The Bertz CT molecular complexity index is 1400. The van der Waals surface area contributed by atoms with Gasteiger partial charge in [0.2, 0.25) is 17.6 Å². The van der Waals surface area contributed by atoms with Crippen LogP contribution in [0.15, 0.2) is 77.5 Å². The Hall–Kier alpha value is -4.14. The molecule has 6 nitrogen and oxygen atoms in total. The summed E-state index contributed by atoms with van der Waals surface area (Å²) in [4.78, 5) is 43.3. The molecule has 0 radical (unpaired) electrons. The van der Waals surface area contributed by atoms with Crippen molar-refractivity contribution in [1.82, 2.24) is 4.90 Å². The Labute approximate surface area is 197 Å². The number of ketones is 1. The second-order valence-corrected chi connectivity index (χ2v) is 8.70. The quantitative estimate of drug-likeness (QED) is 0.403. The van der Waals surface area contributed by atoms with Gasteiger partial charge in [0.25, 0.3) is 0 Å². The molecule has 3 aliphatic rings. The van der Waals surface area contributed by atoms with E-state index in [0.29, 0.717) is 4.90 Å². The third kappa shape index (κ3) is 3.00. The van der Waals surface area contributed by atoms with Crippen LogP contribution in [0.5, 0.6) is 0 Å². The fourth-order valence-corrected chi connectivity index (χ4v) is 5.57. The number of imide groups is 1. The van der Waals surface area contributed by atoms with Crippen LogP contribution in [0.4, 0.5) is 18.9 Å². The van der Waals surface area contributed by atoms with Gasteiger partial charge >= 0.3 is 6.18 Å². The first kappa shape index (κ1) is 21.4. The fourth-order valence-electron chi connectivity index (χ4n) is 5.57. The van der Waals surface area contributed by atoms with E-state index >= 15 is 0 Å². The molecule has 0 unspecified atom stereocenters. The summed E-state index contributed by atoms with van der Waals surface area (Å²) in [6, 6.07) is 12.9. The van der Waals surface area contributed by atoms with Crippen molar-refractivity contribution in [2.45, 2.75) is 18.3 Å². The van der Waals surface area contributed by atoms with Crippen LogP contribution >= 0.6 is 0 Å². The minimum atomic E-state index is -4.77. The van der Waals surface area contributed by atoms with Gasteiger partial charge in [-0.15, -0.1) is 0 Å². The Morgan fingerprint density at radius 2 is 1.60 bits per heavy atom. The molecule has 4 heterocycles. The second-order valence-electron chi connectivity index (χ2n) is 8.70. The molecular formula is C26H17F3N2O4. The summed E-state index contributed by atoms with van der Waals surface area (Å²) >= 11 is 0. The molecule has 2 fully saturated rings. The van der Waals surface area contributed by atoms with Crippen molar-refractivity contribution in [2.24, 2.45) is 11.8 Å². The van der Waals surface area contributed by atoms with E-state index in [4.69, 9.17) is 4.42 Å². The van der Waals surface area contributed by atoms with Gasteiger partial charge in [0.1, 0.15) is 6.04 Å². The topological polar surface area (TPSA) is 70.8 Å². The fraction of sp³-hybridized carbons (Fsp3) is 0.192. The second kappa shape index (κ2) is 7.43. The third-order valence-electron chi connectivity index (χ3n) is 6.94. The van der Waals surface area contributed by atoms with Crippen molar-refractivity contribution in [3.63, 3.8) is 0 Å². The monoisotopic (exact) mass is 478 g/mol. The van der Waals surface area contributed by atoms with E-state index in [1.807, 2.05) is 12.1 Å². The lowest BCUT2D eigenvalue weighted by Crippen LogP contribution is -2.44. The summed E-state index contributed by atoms with van der Waals surface area (Å²) < 4.78 is 46.6. The number of fused-ring (bicyclic) bond motifs is 5. The zero-order valence-corrected chi connectivity index (χ0v) is 18.0. The van der Waals surface area contributed by atoms with E-state index in [-0.39, 0.29) is 5.76 Å². The molecule has 35 heavy (non-hydrogen) atoms. The minimum absolute atomic E-state index is 0.0102. The van der Waals surface area contributed by atoms with Crippen molar-refractivity contribution in [2.75, 3.05) is 4.90 Å². The molecule has 6 rings (SSSR count). The Morgan fingerprint density at radius 1 is 0.886 bits per heavy atom. The normalized spacial score (nSPS) is 25.0. The number of carbonyl (C=O) groups is 3. The summed E-state index contributed by atoms with van der Waals surface area (Å²) in [7, 11) is 0. The van der Waals surface area contributed by atoms with Crippen LogP contribution in [-0.2, 0) is 15.8 Å². The van der Waals surface area contributed by atoms with Crippen LogP contribution in [0.3, 0.4) is 0 Å². The first-order valence-corrected chi connectivity index (χ1v) is 11.0. The van der Waals surface area contributed by atoms with Crippen molar-refractivity contribution >= 4 is 29.4 Å². The molecule has 2 saturated heterocycles. The van der Waals surface area contributed by atoms with Gasteiger partial charge in [0.15, 0.2) is 5.76 Å². The molecule has 2 aromatic carbocycles. The number of nitrogens with zero attached hydrogens (tertiary/aromatic N) is 2. The van der Waals surface area contributed by atoms with Crippen molar-refractivity contribution in [1.29, 1.82) is 0 Å². The number of Topliss-reactive ketones (excluding diaryl/α,β-unsaturated/α-hetero) is 1. The van der Waals surface area contributed by atoms with Crippen LogP contribution in [0.1, 0.15) is 33.3 Å². The molecule has 0 saturated carbocycles. The van der Waals surface area contributed by atoms with Gasteiger partial charge in [0.05, 0.1) is 35.4 Å². The smallest absolute Gasteiger partial charge is 0.418 e. The summed E-state index contributed by atoms with van der Waals surface area (Å²) in [5.74, 6) is -4.31. The SMILES string of the molecule is O=C(c1ccco1)[C@H]1[C@H]2C(=O)N(c3ccccc3C(F)(F)F)C(=O)[C@@H]2[C@H]2c3ccccc3C=CN21. The number of halogens is 3. The molecule has 0 spiro atoms. The summed E-state index contributed by atoms with van der Waals surface area (Å²) in [5.41, 5.74) is -0.0731. The molecule has 0 bridgehead atoms. The van der Waals surface area contributed by atoms with Crippen LogP contribution in [0.2, 0.25) is 0 Å². The molecule has 2 amide bonds. The molecule has 4 atom stereocenters. The molecule has 176 valence electrons. The average Bonchev–Trinajstić information content (AvgIpc) is 3.55. The number of benzene rings is 2. The van der Waals surface area contributed by atoms with Gasteiger partial charge in [-0.1, -0.05) is 36.4 Å². The largest absolute Gasteiger partial charge is 0.461 e. The average molecular weight is 478 g/mol. The standard InChI is InChI=1S/C26H17F3N2O4/c27-26(28,29)16-8-3-4-9-17(16)31-24(33)19-20(25(31)34)22(23(32)18-10-5-13-35-18)30-12-11-14-6-1-2-7-15(14)21(19)30/h1-13,19-22H/t19-,20-,21+,22+/m0/s1. The van der Waals surface area contributed by atoms with Crippen LogP contribution in [0, 0.1) is 11.8 Å². The number of hydrogen-bond acceptors (Lipinski definition) is 5. The number of carbonyl (C=O) groups excluding carboxylic acids is 3. The van der Waals surface area contributed by atoms with E-state index in [2.05, 4.69) is 0 Å². The predicted octanol–water partition coefficient (Wildman–Crippen LogP) is 4.70. The predicted molar refractivity (Wildman–Crippen MR) is 118 cm³/mol. The highest BCUT2D eigenvalue weighted by Gasteiger charge is 2.65. The van der Waals surface area contributed by atoms with Crippen molar-refractivity contribution in [3.8, 4) is 0 Å². The molecule has 9 heteroatoms. The van der Waals surface area contributed by atoms with E-state index in [1.165, 1.54) is 30.5 Å². The lowest BCUT2D eigenvalue weighted by molar-refractivity contribution is -0.137. The number of furan rings is 1. The molecular weight excluding hydrogens is 461 g/mol. The Balaban J connectivity index is 1.52. The van der Waals surface area contributed by atoms with Gasteiger partial charge in [-0.05, 0) is 41.5 Å². The molecule has 1 aromatic heterocycles. The lowest BCUT2D eigenvalue weighted by atomic mass is 9.84. The molecule has 0 aliphatic carbocycles. The Kier molecular flexibility index (Phi) is 4.54. The van der Waals surface area contributed by atoms with Crippen molar-refractivity contribution in [3.05, 3.63) is 95.6 Å². The number of amides is 2. The highest BCUT2D eigenvalue weighted by molar-refractivity contribution is 6.25. The first-order chi connectivity index (χ1) is 16.8. The van der Waals surface area contributed by atoms with E-state index < -0.39 is 58.9 Å². The number of anilines is 1. The van der Waals surface area contributed by atoms with Crippen LogP contribution < -0.4 is 4.90 Å². The number of alkyl halides is 3. The summed E-state index contributed by atoms with van der Waals surface area (Å²) in [5, 5.41) is 0. The maximum atomic E-state index is 13.8. The van der Waals surface area contributed by atoms with E-state index in [9.17, 15) is 27.6 Å². The van der Waals surface area contributed by atoms with Crippen LogP contribution in [0.25, 0.3) is 6.08 Å². The number of para-hydroxylation sites is 1. The summed E-state index contributed by atoms with van der Waals surface area (Å²) in [6.07, 6.45) is 0.0167. The van der Waals surface area contributed by atoms with Gasteiger partial charge in [-0.3, -0.25) is 14.4 Å². The lowest BCUT2D eigenvalue weighted by Gasteiger charge is -2.35. The first-order valence-electron chi connectivity index (χ1n) is 11.0. The van der Waals surface area contributed by atoms with Crippen LogP contribution in [-0.4, -0.2) is 28.5 Å². The number of hydrogen-bond donors (Lipinski definition) is 0.